The molecule has 0 aliphatic rings. The number of hydrogen-bond donors (Lipinski definition) is 2. The fourth-order valence-electron chi connectivity index (χ4n) is 1.69. The Hall–Kier alpha value is -2.17. The summed E-state index contributed by atoms with van der Waals surface area (Å²) in [7, 11) is 0. The fraction of sp³-hybridized carbons (Fsp3) is 0.167. The Kier molecular flexibility index (Phi) is 2.67. The summed E-state index contributed by atoms with van der Waals surface area (Å²) in [4.78, 5) is 11.2. The molecule has 2 rings (SSSR count). The van der Waals surface area contributed by atoms with Crippen LogP contribution in [-0.2, 0) is 0 Å². The van der Waals surface area contributed by atoms with E-state index in [9.17, 15) is 9.18 Å². The van der Waals surface area contributed by atoms with Crippen molar-refractivity contribution in [1.29, 1.82) is 0 Å². The molecule has 17 heavy (non-hydrogen) atoms. The van der Waals surface area contributed by atoms with Gasteiger partial charge in [-0.1, -0.05) is 0 Å². The van der Waals surface area contributed by atoms with Gasteiger partial charge >= 0.3 is 0 Å². The quantitative estimate of drug-likeness (QED) is 0.831. The second-order valence-corrected chi connectivity index (χ2v) is 3.95. The Morgan fingerprint density at radius 2 is 2.06 bits per heavy atom. The number of hydrogen-bond acceptors (Lipinski definition) is 2. The molecule has 0 atom stereocenters. The number of aromatic amines is 1. The number of primary amides is 1. The van der Waals surface area contributed by atoms with Crippen LogP contribution in [0.4, 0.5) is 4.39 Å². The number of H-pyrrole nitrogens is 1. The number of halogens is 1. The lowest BCUT2D eigenvalue weighted by Gasteiger charge is -2.05. The van der Waals surface area contributed by atoms with E-state index in [2.05, 4.69) is 10.2 Å². The van der Waals surface area contributed by atoms with Crippen LogP contribution in [-0.4, -0.2) is 16.1 Å². The molecule has 0 fully saturated rings. The lowest BCUT2D eigenvalue weighted by atomic mass is 10.0. The van der Waals surface area contributed by atoms with Crippen molar-refractivity contribution in [3.63, 3.8) is 0 Å². The van der Waals surface area contributed by atoms with Crippen LogP contribution in [0.25, 0.3) is 11.3 Å². The molecule has 0 aliphatic carbocycles. The van der Waals surface area contributed by atoms with E-state index >= 15 is 0 Å². The van der Waals surface area contributed by atoms with Gasteiger partial charge in [-0.3, -0.25) is 9.89 Å². The maximum Gasteiger partial charge on any atom is 0.248 e. The average Bonchev–Trinajstić information content (AvgIpc) is 2.64. The SMILES string of the molecule is Cc1cc(-c2cc(C(N)=O)c(C)cc2F)n[nH]1. The molecule has 0 radical (unpaired) electrons. The Morgan fingerprint density at radius 1 is 1.35 bits per heavy atom. The molecule has 1 amide bonds. The Bertz CT molecular complexity index is 589. The summed E-state index contributed by atoms with van der Waals surface area (Å²) < 4.78 is 13.8. The predicted octanol–water partition coefficient (Wildman–Crippen LogP) is 1.93. The Labute approximate surface area is 97.6 Å². The van der Waals surface area contributed by atoms with Gasteiger partial charge in [0.25, 0.3) is 0 Å². The lowest BCUT2D eigenvalue weighted by Crippen LogP contribution is -2.13. The number of nitrogens with zero attached hydrogens (tertiary/aromatic N) is 1. The van der Waals surface area contributed by atoms with Gasteiger partial charge in [0.05, 0.1) is 5.69 Å². The van der Waals surface area contributed by atoms with Gasteiger partial charge in [0.1, 0.15) is 5.82 Å². The third kappa shape index (κ3) is 2.04. The van der Waals surface area contributed by atoms with Crippen molar-refractivity contribution >= 4 is 5.91 Å². The van der Waals surface area contributed by atoms with Crippen LogP contribution >= 0.6 is 0 Å². The Morgan fingerprint density at radius 3 is 2.59 bits per heavy atom. The molecular weight excluding hydrogens is 221 g/mol. The van der Waals surface area contributed by atoms with Crippen molar-refractivity contribution in [3.8, 4) is 11.3 Å². The summed E-state index contributed by atoms with van der Waals surface area (Å²) >= 11 is 0. The molecule has 1 heterocycles. The minimum absolute atomic E-state index is 0.272. The van der Waals surface area contributed by atoms with Crippen molar-refractivity contribution in [3.05, 3.63) is 40.8 Å². The molecule has 0 saturated heterocycles. The molecule has 2 aromatic rings. The normalized spacial score (nSPS) is 10.5. The zero-order valence-corrected chi connectivity index (χ0v) is 9.54. The number of aromatic nitrogens is 2. The molecule has 0 saturated carbocycles. The molecule has 1 aromatic heterocycles. The molecule has 1 aromatic carbocycles. The summed E-state index contributed by atoms with van der Waals surface area (Å²) in [5.41, 5.74) is 7.61. The summed E-state index contributed by atoms with van der Waals surface area (Å²) in [5, 5.41) is 6.68. The number of carbonyl (C=O) groups is 1. The average molecular weight is 233 g/mol. The van der Waals surface area contributed by atoms with Crippen molar-refractivity contribution in [1.82, 2.24) is 10.2 Å². The van der Waals surface area contributed by atoms with Crippen molar-refractivity contribution in [2.75, 3.05) is 0 Å². The minimum atomic E-state index is -0.573. The highest BCUT2D eigenvalue weighted by atomic mass is 19.1. The second kappa shape index (κ2) is 4.01. The minimum Gasteiger partial charge on any atom is -0.366 e. The zero-order valence-electron chi connectivity index (χ0n) is 9.54. The smallest absolute Gasteiger partial charge is 0.248 e. The van der Waals surface area contributed by atoms with E-state index in [1.165, 1.54) is 12.1 Å². The topological polar surface area (TPSA) is 71.8 Å². The van der Waals surface area contributed by atoms with E-state index in [0.29, 0.717) is 16.8 Å². The summed E-state index contributed by atoms with van der Waals surface area (Å²) in [5.74, 6) is -0.991. The van der Waals surface area contributed by atoms with E-state index in [0.717, 1.165) is 5.69 Å². The van der Waals surface area contributed by atoms with Crippen molar-refractivity contribution in [2.24, 2.45) is 5.73 Å². The predicted molar refractivity (Wildman–Crippen MR) is 62.0 cm³/mol. The maximum absolute atomic E-state index is 13.8. The highest BCUT2D eigenvalue weighted by molar-refractivity contribution is 5.95. The van der Waals surface area contributed by atoms with Crippen LogP contribution < -0.4 is 5.73 Å². The molecule has 4 nitrogen and oxygen atoms in total. The van der Waals surface area contributed by atoms with Crippen LogP contribution in [0.15, 0.2) is 18.2 Å². The van der Waals surface area contributed by atoms with Gasteiger partial charge in [0.2, 0.25) is 5.91 Å². The zero-order chi connectivity index (χ0) is 12.6. The number of nitrogens with two attached hydrogens (primary N) is 1. The van der Waals surface area contributed by atoms with E-state index < -0.39 is 11.7 Å². The first-order chi connectivity index (χ1) is 7.99. The van der Waals surface area contributed by atoms with Gasteiger partial charge in [-0.25, -0.2) is 4.39 Å². The Balaban J connectivity index is 2.62. The lowest BCUT2D eigenvalue weighted by molar-refractivity contribution is 0.0999. The van der Waals surface area contributed by atoms with Gasteiger partial charge in [0, 0.05) is 16.8 Å². The van der Waals surface area contributed by atoms with Gasteiger partial charge in [0.15, 0.2) is 0 Å². The highest BCUT2D eigenvalue weighted by Gasteiger charge is 2.14. The standard InChI is InChI=1S/C12H12FN3O/c1-6-3-10(13)9(5-8(6)12(14)17)11-4-7(2)15-16-11/h3-5H,1-2H3,(H2,14,17)(H,15,16). The van der Waals surface area contributed by atoms with Crippen LogP contribution in [0.1, 0.15) is 21.6 Å². The third-order valence-corrected chi connectivity index (χ3v) is 2.56. The van der Waals surface area contributed by atoms with Gasteiger partial charge in [-0.05, 0) is 37.6 Å². The van der Waals surface area contributed by atoms with Crippen LogP contribution in [0.2, 0.25) is 0 Å². The molecule has 0 bridgehead atoms. The molecule has 88 valence electrons. The molecular formula is C12H12FN3O. The molecule has 3 N–H and O–H groups in total. The van der Waals surface area contributed by atoms with Gasteiger partial charge in [-0.15, -0.1) is 0 Å². The largest absolute Gasteiger partial charge is 0.366 e. The molecule has 0 aliphatic heterocycles. The summed E-state index contributed by atoms with van der Waals surface area (Å²) in [6.07, 6.45) is 0. The van der Waals surface area contributed by atoms with Crippen LogP contribution in [0.3, 0.4) is 0 Å². The van der Waals surface area contributed by atoms with Gasteiger partial charge < -0.3 is 5.73 Å². The van der Waals surface area contributed by atoms with E-state index in [1.54, 1.807) is 13.0 Å². The monoisotopic (exact) mass is 233 g/mol. The molecule has 5 heteroatoms. The van der Waals surface area contributed by atoms with Crippen LogP contribution in [0, 0.1) is 19.7 Å². The number of amides is 1. The first-order valence-electron chi connectivity index (χ1n) is 5.11. The summed E-state index contributed by atoms with van der Waals surface area (Å²) in [6.45, 7) is 3.46. The molecule has 0 spiro atoms. The molecule has 0 unspecified atom stereocenters. The van der Waals surface area contributed by atoms with E-state index in [4.69, 9.17) is 5.73 Å². The fourth-order valence-corrected chi connectivity index (χ4v) is 1.69. The second-order valence-electron chi connectivity index (χ2n) is 3.95. The van der Waals surface area contributed by atoms with Crippen LogP contribution in [0.5, 0.6) is 0 Å². The maximum atomic E-state index is 13.8. The van der Waals surface area contributed by atoms with Crippen molar-refractivity contribution < 1.29 is 9.18 Å². The number of benzene rings is 1. The van der Waals surface area contributed by atoms with Crippen molar-refractivity contribution in [2.45, 2.75) is 13.8 Å². The summed E-state index contributed by atoms with van der Waals surface area (Å²) in [6, 6.07) is 4.43. The van der Waals surface area contributed by atoms with E-state index in [-0.39, 0.29) is 5.56 Å². The first kappa shape index (κ1) is 11.3. The number of rotatable bonds is 2. The van der Waals surface area contributed by atoms with Gasteiger partial charge in [-0.2, -0.15) is 5.10 Å². The first-order valence-corrected chi connectivity index (χ1v) is 5.11. The highest BCUT2D eigenvalue weighted by Crippen LogP contribution is 2.24. The third-order valence-electron chi connectivity index (χ3n) is 2.56. The van der Waals surface area contributed by atoms with E-state index in [1.807, 2.05) is 6.92 Å². The number of carbonyl (C=O) groups excluding carboxylic acids is 1. The number of aryl methyl sites for hydroxylation is 2. The number of nitrogens with one attached hydrogen (secondary N) is 1.